The Kier molecular flexibility index (Phi) is 3.01. The lowest BCUT2D eigenvalue weighted by Crippen LogP contribution is -2.07. The lowest BCUT2D eigenvalue weighted by atomic mass is 10.3. The molecule has 0 aliphatic rings. The number of hydrogen-bond acceptors (Lipinski definition) is 3. The standard InChI is InChI=1S/C9H10FNO3/c1-6(2)14-9-4-3-7(10)5-8(9)11(12)13/h3-6H,1-2H3. The molecule has 0 spiro atoms. The molecule has 0 fully saturated rings. The first-order chi connectivity index (χ1) is 6.50. The first-order valence-corrected chi connectivity index (χ1v) is 4.11. The van der Waals surface area contributed by atoms with E-state index >= 15 is 0 Å². The second-order valence-corrected chi connectivity index (χ2v) is 3.04. The Morgan fingerprint density at radius 1 is 1.50 bits per heavy atom. The topological polar surface area (TPSA) is 52.4 Å². The van der Waals surface area contributed by atoms with Crippen LogP contribution >= 0.6 is 0 Å². The predicted molar refractivity (Wildman–Crippen MR) is 48.8 cm³/mol. The molecule has 14 heavy (non-hydrogen) atoms. The van der Waals surface area contributed by atoms with Crippen molar-refractivity contribution >= 4 is 5.69 Å². The van der Waals surface area contributed by atoms with E-state index in [1.807, 2.05) is 0 Å². The van der Waals surface area contributed by atoms with Crippen LogP contribution in [0.3, 0.4) is 0 Å². The largest absolute Gasteiger partial charge is 0.484 e. The molecule has 0 atom stereocenters. The molecule has 0 amide bonds. The van der Waals surface area contributed by atoms with Gasteiger partial charge in [-0.05, 0) is 26.0 Å². The van der Waals surface area contributed by atoms with Crippen LogP contribution in [0.1, 0.15) is 13.8 Å². The van der Waals surface area contributed by atoms with Gasteiger partial charge in [0, 0.05) is 0 Å². The normalized spacial score (nSPS) is 10.3. The molecule has 0 aliphatic heterocycles. The van der Waals surface area contributed by atoms with Gasteiger partial charge in [-0.25, -0.2) is 4.39 Å². The van der Waals surface area contributed by atoms with Crippen LogP contribution in [0.4, 0.5) is 10.1 Å². The van der Waals surface area contributed by atoms with Crippen LogP contribution in [0.2, 0.25) is 0 Å². The van der Waals surface area contributed by atoms with Gasteiger partial charge in [0.2, 0.25) is 0 Å². The van der Waals surface area contributed by atoms with Gasteiger partial charge < -0.3 is 4.74 Å². The molecule has 0 unspecified atom stereocenters. The highest BCUT2D eigenvalue weighted by Gasteiger charge is 2.16. The van der Waals surface area contributed by atoms with E-state index in [9.17, 15) is 14.5 Å². The lowest BCUT2D eigenvalue weighted by molar-refractivity contribution is -0.386. The summed E-state index contributed by atoms with van der Waals surface area (Å²) in [4.78, 5) is 9.85. The van der Waals surface area contributed by atoms with Gasteiger partial charge in [0.25, 0.3) is 0 Å². The van der Waals surface area contributed by atoms with Crippen molar-refractivity contribution in [3.63, 3.8) is 0 Å². The predicted octanol–water partition coefficient (Wildman–Crippen LogP) is 2.52. The summed E-state index contributed by atoms with van der Waals surface area (Å²) in [6.45, 7) is 3.49. The van der Waals surface area contributed by atoms with Gasteiger partial charge in [-0.15, -0.1) is 0 Å². The van der Waals surface area contributed by atoms with E-state index in [1.165, 1.54) is 6.07 Å². The third kappa shape index (κ3) is 2.42. The molecular formula is C9H10FNO3. The summed E-state index contributed by atoms with van der Waals surface area (Å²) < 4.78 is 17.8. The monoisotopic (exact) mass is 199 g/mol. The summed E-state index contributed by atoms with van der Waals surface area (Å²) in [6, 6.07) is 3.23. The van der Waals surface area contributed by atoms with E-state index in [-0.39, 0.29) is 17.5 Å². The number of nitrogens with zero attached hydrogens (tertiary/aromatic N) is 1. The molecule has 4 nitrogen and oxygen atoms in total. The third-order valence-electron chi connectivity index (χ3n) is 1.48. The molecule has 0 heterocycles. The maximum absolute atomic E-state index is 12.7. The van der Waals surface area contributed by atoms with Crippen LogP contribution in [0.15, 0.2) is 18.2 Å². The fourth-order valence-electron chi connectivity index (χ4n) is 0.987. The summed E-state index contributed by atoms with van der Waals surface area (Å²) in [7, 11) is 0. The SMILES string of the molecule is CC(C)Oc1ccc(F)cc1[N+](=O)[O-]. The molecule has 0 aliphatic carbocycles. The molecule has 1 aromatic carbocycles. The first kappa shape index (κ1) is 10.4. The number of hydrogen-bond donors (Lipinski definition) is 0. The molecule has 0 radical (unpaired) electrons. The number of rotatable bonds is 3. The van der Waals surface area contributed by atoms with E-state index in [0.717, 1.165) is 12.1 Å². The molecule has 0 aromatic heterocycles. The Hall–Kier alpha value is -1.65. The van der Waals surface area contributed by atoms with Crippen molar-refractivity contribution in [1.29, 1.82) is 0 Å². The maximum atomic E-state index is 12.7. The van der Waals surface area contributed by atoms with Crippen molar-refractivity contribution < 1.29 is 14.1 Å². The van der Waals surface area contributed by atoms with Crippen LogP contribution in [-0.2, 0) is 0 Å². The van der Waals surface area contributed by atoms with Crippen LogP contribution in [-0.4, -0.2) is 11.0 Å². The van der Waals surface area contributed by atoms with Crippen LogP contribution in [0.25, 0.3) is 0 Å². The zero-order valence-electron chi connectivity index (χ0n) is 7.86. The molecule has 0 saturated carbocycles. The Morgan fingerprint density at radius 3 is 2.64 bits per heavy atom. The van der Waals surface area contributed by atoms with E-state index in [4.69, 9.17) is 4.74 Å². The molecule has 76 valence electrons. The summed E-state index contributed by atoms with van der Waals surface area (Å²) in [5, 5.41) is 10.5. The van der Waals surface area contributed by atoms with Crippen molar-refractivity contribution in [2.75, 3.05) is 0 Å². The van der Waals surface area contributed by atoms with Gasteiger partial charge >= 0.3 is 5.69 Å². The Morgan fingerprint density at radius 2 is 2.14 bits per heavy atom. The van der Waals surface area contributed by atoms with Crippen LogP contribution in [0, 0.1) is 15.9 Å². The summed E-state index contributed by atoms with van der Waals surface area (Å²) >= 11 is 0. The van der Waals surface area contributed by atoms with Gasteiger partial charge in [0.05, 0.1) is 17.1 Å². The van der Waals surface area contributed by atoms with Crippen molar-refractivity contribution in [2.24, 2.45) is 0 Å². The average molecular weight is 199 g/mol. The minimum absolute atomic E-state index is 0.0893. The van der Waals surface area contributed by atoms with Gasteiger partial charge in [-0.3, -0.25) is 10.1 Å². The minimum atomic E-state index is -0.666. The zero-order chi connectivity index (χ0) is 10.7. The summed E-state index contributed by atoms with van der Waals surface area (Å²) in [6.07, 6.45) is -0.181. The second kappa shape index (κ2) is 4.04. The maximum Gasteiger partial charge on any atom is 0.313 e. The zero-order valence-corrected chi connectivity index (χ0v) is 7.86. The molecule has 1 aromatic rings. The number of ether oxygens (including phenoxy) is 1. The van der Waals surface area contributed by atoms with E-state index < -0.39 is 10.7 Å². The highest BCUT2D eigenvalue weighted by molar-refractivity contribution is 5.46. The average Bonchev–Trinajstić information content (AvgIpc) is 2.07. The van der Waals surface area contributed by atoms with Gasteiger partial charge in [-0.1, -0.05) is 0 Å². The lowest BCUT2D eigenvalue weighted by Gasteiger charge is -2.09. The van der Waals surface area contributed by atoms with Crippen molar-refractivity contribution in [3.8, 4) is 5.75 Å². The number of benzene rings is 1. The van der Waals surface area contributed by atoms with E-state index in [2.05, 4.69) is 0 Å². The fourth-order valence-corrected chi connectivity index (χ4v) is 0.987. The Balaban J connectivity index is 3.08. The Labute approximate surface area is 80.5 Å². The van der Waals surface area contributed by atoms with Crippen molar-refractivity contribution in [1.82, 2.24) is 0 Å². The second-order valence-electron chi connectivity index (χ2n) is 3.04. The molecule has 0 saturated heterocycles. The minimum Gasteiger partial charge on any atom is -0.484 e. The number of nitro groups is 1. The van der Waals surface area contributed by atoms with E-state index in [1.54, 1.807) is 13.8 Å². The third-order valence-corrected chi connectivity index (χ3v) is 1.48. The molecule has 5 heteroatoms. The number of halogens is 1. The van der Waals surface area contributed by atoms with Crippen LogP contribution < -0.4 is 4.74 Å². The van der Waals surface area contributed by atoms with Gasteiger partial charge in [0.1, 0.15) is 5.82 Å². The Bertz CT molecular complexity index is 352. The van der Waals surface area contributed by atoms with Crippen molar-refractivity contribution in [2.45, 2.75) is 20.0 Å². The first-order valence-electron chi connectivity index (χ1n) is 4.11. The molecule has 1 rings (SSSR count). The molecular weight excluding hydrogens is 189 g/mol. The van der Waals surface area contributed by atoms with E-state index in [0.29, 0.717) is 0 Å². The number of nitro benzene ring substituents is 1. The molecule has 0 bridgehead atoms. The highest BCUT2D eigenvalue weighted by atomic mass is 19.1. The van der Waals surface area contributed by atoms with Crippen molar-refractivity contribution in [3.05, 3.63) is 34.1 Å². The highest BCUT2D eigenvalue weighted by Crippen LogP contribution is 2.28. The van der Waals surface area contributed by atoms with Gasteiger partial charge in [-0.2, -0.15) is 0 Å². The summed E-state index contributed by atoms with van der Waals surface area (Å²) in [5.41, 5.74) is -0.348. The van der Waals surface area contributed by atoms with Gasteiger partial charge in [0.15, 0.2) is 5.75 Å². The molecule has 0 N–H and O–H groups in total. The fraction of sp³-hybridized carbons (Fsp3) is 0.333. The quantitative estimate of drug-likeness (QED) is 0.555. The summed E-state index contributed by atoms with van der Waals surface area (Å²) in [5.74, 6) is -0.556. The smallest absolute Gasteiger partial charge is 0.313 e. The van der Waals surface area contributed by atoms with Crippen LogP contribution in [0.5, 0.6) is 5.75 Å².